The highest BCUT2D eigenvalue weighted by molar-refractivity contribution is 5.52. The van der Waals surface area contributed by atoms with Crippen molar-refractivity contribution in [2.24, 2.45) is 0 Å². The zero-order valence-electron chi connectivity index (χ0n) is 13.7. The van der Waals surface area contributed by atoms with E-state index in [-0.39, 0.29) is 0 Å². The maximum absolute atomic E-state index is 5.51. The average molecular weight is 320 g/mol. The molecule has 0 saturated carbocycles. The van der Waals surface area contributed by atoms with Crippen LogP contribution < -0.4 is 0 Å². The number of likely N-dealkylation sites (tertiary alicyclic amines) is 1. The molecule has 122 valence electrons. The Kier molecular flexibility index (Phi) is 4.09. The molecule has 3 aromatic rings. The molecule has 5 heteroatoms. The van der Waals surface area contributed by atoms with Crippen LogP contribution in [0.4, 0.5) is 0 Å². The third-order valence-corrected chi connectivity index (χ3v) is 4.49. The van der Waals surface area contributed by atoms with Crippen LogP contribution in [-0.2, 0) is 6.54 Å². The van der Waals surface area contributed by atoms with Gasteiger partial charge in [0.15, 0.2) is 0 Å². The molecule has 3 heterocycles. The minimum absolute atomic E-state index is 0.317. The van der Waals surface area contributed by atoms with E-state index in [1.807, 2.05) is 12.1 Å². The van der Waals surface area contributed by atoms with Gasteiger partial charge in [-0.3, -0.25) is 9.88 Å². The lowest BCUT2D eigenvalue weighted by molar-refractivity contribution is 0.309. The van der Waals surface area contributed by atoms with Crippen molar-refractivity contribution >= 4 is 0 Å². The fourth-order valence-electron chi connectivity index (χ4n) is 3.27. The van der Waals surface area contributed by atoms with E-state index >= 15 is 0 Å². The van der Waals surface area contributed by atoms with E-state index < -0.39 is 0 Å². The Bertz CT molecular complexity index is 815. The first-order valence-electron chi connectivity index (χ1n) is 8.30. The predicted octanol–water partition coefficient (Wildman–Crippen LogP) is 3.43. The van der Waals surface area contributed by atoms with Crippen LogP contribution in [0.25, 0.3) is 11.4 Å². The molecule has 1 aliphatic rings. The normalized spacial score (nSPS) is 18.1. The standard InChI is InChI=1S/C19H20N4O/c1-14-3-2-4-15(11-14)12-23-10-7-17(13-23)19-21-18(22-24-19)16-5-8-20-9-6-16/h2-6,8-9,11,17H,7,10,12-13H2,1H3/t17-/m0/s1. The number of aryl methyl sites for hydroxylation is 1. The maximum atomic E-state index is 5.51. The lowest BCUT2D eigenvalue weighted by Gasteiger charge is -2.15. The molecule has 1 atom stereocenters. The SMILES string of the molecule is Cc1cccc(CN2CC[C@H](c3nc(-c4ccncc4)no3)C2)c1. The summed E-state index contributed by atoms with van der Waals surface area (Å²) in [6, 6.07) is 12.5. The Balaban J connectivity index is 1.43. The van der Waals surface area contributed by atoms with Gasteiger partial charge in [0, 0.05) is 31.0 Å². The summed E-state index contributed by atoms with van der Waals surface area (Å²) in [6.45, 7) is 5.14. The van der Waals surface area contributed by atoms with Crippen molar-refractivity contribution in [2.45, 2.75) is 25.8 Å². The van der Waals surface area contributed by atoms with Gasteiger partial charge >= 0.3 is 0 Å². The number of pyridine rings is 1. The molecule has 1 fully saturated rings. The summed E-state index contributed by atoms with van der Waals surface area (Å²) in [5, 5.41) is 4.12. The Labute approximate surface area is 141 Å². The molecule has 0 N–H and O–H groups in total. The fraction of sp³-hybridized carbons (Fsp3) is 0.316. The first-order valence-corrected chi connectivity index (χ1v) is 8.30. The second kappa shape index (κ2) is 6.53. The Hall–Kier alpha value is -2.53. The lowest BCUT2D eigenvalue weighted by atomic mass is 10.1. The second-order valence-electron chi connectivity index (χ2n) is 6.40. The van der Waals surface area contributed by atoms with Crippen LogP contribution in [0.2, 0.25) is 0 Å². The third kappa shape index (κ3) is 3.21. The molecule has 4 rings (SSSR count). The highest BCUT2D eigenvalue weighted by Gasteiger charge is 2.28. The molecule has 24 heavy (non-hydrogen) atoms. The van der Waals surface area contributed by atoms with Gasteiger partial charge in [-0.25, -0.2) is 0 Å². The first-order chi connectivity index (χ1) is 11.8. The topological polar surface area (TPSA) is 55.1 Å². The molecule has 0 unspecified atom stereocenters. The number of nitrogens with zero attached hydrogens (tertiary/aromatic N) is 4. The quantitative estimate of drug-likeness (QED) is 0.737. The third-order valence-electron chi connectivity index (χ3n) is 4.49. The van der Waals surface area contributed by atoms with E-state index in [0.29, 0.717) is 11.7 Å². The summed E-state index contributed by atoms with van der Waals surface area (Å²) in [6.07, 6.45) is 4.54. The van der Waals surface area contributed by atoms with E-state index in [4.69, 9.17) is 4.52 Å². The largest absolute Gasteiger partial charge is 0.339 e. The number of hydrogen-bond acceptors (Lipinski definition) is 5. The van der Waals surface area contributed by atoms with Gasteiger partial charge < -0.3 is 4.52 Å². The van der Waals surface area contributed by atoms with E-state index in [1.165, 1.54) is 11.1 Å². The van der Waals surface area contributed by atoms with Crippen molar-refractivity contribution in [3.8, 4) is 11.4 Å². The fourth-order valence-corrected chi connectivity index (χ4v) is 3.27. The van der Waals surface area contributed by atoms with Gasteiger partial charge in [0.25, 0.3) is 0 Å². The molecule has 5 nitrogen and oxygen atoms in total. The summed E-state index contributed by atoms with van der Waals surface area (Å²) >= 11 is 0. The summed E-state index contributed by atoms with van der Waals surface area (Å²) in [7, 11) is 0. The molecule has 0 amide bonds. The summed E-state index contributed by atoms with van der Waals surface area (Å²) in [5.74, 6) is 1.70. The van der Waals surface area contributed by atoms with Crippen LogP contribution in [0.15, 0.2) is 53.3 Å². The number of rotatable bonds is 4. The molecular weight excluding hydrogens is 300 g/mol. The molecule has 0 radical (unpaired) electrons. The molecule has 0 bridgehead atoms. The molecule has 0 spiro atoms. The molecule has 1 saturated heterocycles. The van der Waals surface area contributed by atoms with E-state index in [9.17, 15) is 0 Å². The molecule has 1 aliphatic heterocycles. The summed E-state index contributed by atoms with van der Waals surface area (Å²) in [5.41, 5.74) is 3.61. The van der Waals surface area contributed by atoms with Crippen LogP contribution in [-0.4, -0.2) is 33.1 Å². The minimum Gasteiger partial charge on any atom is -0.339 e. The first kappa shape index (κ1) is 15.0. The van der Waals surface area contributed by atoms with Gasteiger partial charge in [-0.05, 0) is 37.6 Å². The van der Waals surface area contributed by atoms with Crippen LogP contribution in [0.3, 0.4) is 0 Å². The van der Waals surface area contributed by atoms with Gasteiger partial charge in [-0.2, -0.15) is 4.98 Å². The maximum Gasteiger partial charge on any atom is 0.231 e. The van der Waals surface area contributed by atoms with Crippen LogP contribution in [0, 0.1) is 6.92 Å². The van der Waals surface area contributed by atoms with Crippen molar-refractivity contribution < 1.29 is 4.52 Å². The summed E-state index contributed by atoms with van der Waals surface area (Å²) in [4.78, 5) is 11.1. The van der Waals surface area contributed by atoms with E-state index in [0.717, 1.165) is 37.5 Å². The molecule has 1 aromatic carbocycles. The van der Waals surface area contributed by atoms with Crippen LogP contribution in [0.5, 0.6) is 0 Å². The Morgan fingerprint density at radius 1 is 1.21 bits per heavy atom. The monoisotopic (exact) mass is 320 g/mol. The summed E-state index contributed by atoms with van der Waals surface area (Å²) < 4.78 is 5.51. The number of hydrogen-bond donors (Lipinski definition) is 0. The van der Waals surface area contributed by atoms with Gasteiger partial charge in [-0.15, -0.1) is 0 Å². The van der Waals surface area contributed by atoms with Crippen LogP contribution >= 0.6 is 0 Å². The van der Waals surface area contributed by atoms with Crippen molar-refractivity contribution in [1.82, 2.24) is 20.0 Å². The lowest BCUT2D eigenvalue weighted by Crippen LogP contribution is -2.19. The highest BCUT2D eigenvalue weighted by atomic mass is 16.5. The van der Waals surface area contributed by atoms with Gasteiger partial charge in [0.2, 0.25) is 11.7 Å². The highest BCUT2D eigenvalue weighted by Crippen LogP contribution is 2.28. The van der Waals surface area contributed by atoms with Crippen molar-refractivity contribution in [3.63, 3.8) is 0 Å². The Morgan fingerprint density at radius 2 is 2.08 bits per heavy atom. The van der Waals surface area contributed by atoms with Gasteiger partial charge in [-0.1, -0.05) is 35.0 Å². The molecular formula is C19H20N4O. The minimum atomic E-state index is 0.317. The number of aromatic nitrogens is 3. The molecule has 2 aromatic heterocycles. The Morgan fingerprint density at radius 3 is 2.92 bits per heavy atom. The van der Waals surface area contributed by atoms with Crippen molar-refractivity contribution in [2.75, 3.05) is 13.1 Å². The van der Waals surface area contributed by atoms with Crippen LogP contribution in [0.1, 0.15) is 29.4 Å². The van der Waals surface area contributed by atoms with Gasteiger partial charge in [0.1, 0.15) is 0 Å². The van der Waals surface area contributed by atoms with Crippen molar-refractivity contribution in [3.05, 3.63) is 65.8 Å². The smallest absolute Gasteiger partial charge is 0.231 e. The molecule has 0 aliphatic carbocycles. The van der Waals surface area contributed by atoms with E-state index in [1.54, 1.807) is 12.4 Å². The van der Waals surface area contributed by atoms with E-state index in [2.05, 4.69) is 51.2 Å². The van der Waals surface area contributed by atoms with Gasteiger partial charge in [0.05, 0.1) is 5.92 Å². The zero-order valence-corrected chi connectivity index (χ0v) is 13.7. The number of benzene rings is 1. The zero-order chi connectivity index (χ0) is 16.4. The second-order valence-corrected chi connectivity index (χ2v) is 6.40. The van der Waals surface area contributed by atoms with Crippen molar-refractivity contribution in [1.29, 1.82) is 0 Å². The predicted molar refractivity (Wildman–Crippen MR) is 91.3 cm³/mol. The average Bonchev–Trinajstić information content (AvgIpc) is 3.25.